The third-order valence-electron chi connectivity index (χ3n) is 13.8. The van der Waals surface area contributed by atoms with Crippen LogP contribution in [-0.4, -0.2) is 98.6 Å². The van der Waals surface area contributed by atoms with Crippen molar-refractivity contribution in [1.82, 2.24) is 4.98 Å². The van der Waals surface area contributed by atoms with Gasteiger partial charge in [0.15, 0.2) is 21.0 Å². The van der Waals surface area contributed by atoms with Crippen molar-refractivity contribution in [3.8, 4) is 52.6 Å². The number of anilines is 1. The normalized spacial score (nSPS) is 15.0. The molecule has 1 aliphatic heterocycles. The number of carbonyl (C=O) groups excluding carboxylic acids is 5. The Labute approximate surface area is 502 Å². The Morgan fingerprint density at radius 2 is 1.31 bits per heavy atom. The molecule has 442 valence electrons. The fourth-order valence-electron chi connectivity index (χ4n) is 9.21. The molecule has 17 nitrogen and oxygen atoms in total. The lowest BCUT2D eigenvalue weighted by Gasteiger charge is -2.21. The molecule has 3 unspecified atom stereocenters. The highest BCUT2D eigenvalue weighted by Crippen LogP contribution is 2.42. The Morgan fingerprint density at radius 1 is 0.679 bits per heavy atom. The minimum absolute atomic E-state index is 0.0791. The fourth-order valence-corrected chi connectivity index (χ4v) is 11.6. The van der Waals surface area contributed by atoms with Crippen molar-refractivity contribution in [2.75, 3.05) is 52.2 Å². The Balaban J connectivity index is 0.921. The van der Waals surface area contributed by atoms with Crippen LogP contribution >= 0.6 is 35.3 Å². The molecule has 1 aliphatic carbocycles. The number of ether oxygens (including phenoxy) is 10. The number of unbranched alkanes of at least 4 members (excludes halogenated alkanes) is 7. The van der Waals surface area contributed by atoms with Crippen LogP contribution in [0, 0.1) is 18.3 Å². The minimum Gasteiger partial charge on any atom is -0.494 e. The van der Waals surface area contributed by atoms with E-state index in [9.17, 15) is 24.0 Å². The molecular formula is C64H68N2O15S3. The number of hydrogen-bond donors (Lipinski definition) is 0. The molecule has 1 aromatic heterocycles. The number of aromatic nitrogens is 1. The van der Waals surface area contributed by atoms with E-state index >= 15 is 0 Å². The molecule has 1 amide bonds. The lowest BCUT2D eigenvalue weighted by molar-refractivity contribution is -0.136. The molecule has 2 fully saturated rings. The molecule has 2 heterocycles. The number of nitrogens with zero attached hydrogens (tertiary/aromatic N) is 2. The predicted molar refractivity (Wildman–Crippen MR) is 323 cm³/mol. The van der Waals surface area contributed by atoms with Gasteiger partial charge < -0.3 is 47.4 Å². The maximum Gasteiger partial charge on any atom is 0.384 e. The second-order valence-electron chi connectivity index (χ2n) is 20.0. The van der Waals surface area contributed by atoms with Crippen LogP contribution < -0.4 is 38.1 Å². The van der Waals surface area contributed by atoms with E-state index in [1.54, 1.807) is 24.3 Å². The molecule has 1 saturated heterocycles. The zero-order valence-electron chi connectivity index (χ0n) is 47.3. The van der Waals surface area contributed by atoms with Gasteiger partial charge in [0.1, 0.15) is 23.0 Å². The summed E-state index contributed by atoms with van der Waals surface area (Å²) in [5, 5.41) is 0.395. The van der Waals surface area contributed by atoms with E-state index in [4.69, 9.17) is 71.0 Å². The summed E-state index contributed by atoms with van der Waals surface area (Å²) in [6.07, 6.45) is 18.1. The van der Waals surface area contributed by atoms with Crippen LogP contribution in [0.5, 0.6) is 40.2 Å². The first-order chi connectivity index (χ1) is 40.9. The summed E-state index contributed by atoms with van der Waals surface area (Å²) in [5.41, 5.74) is 1.18. The van der Waals surface area contributed by atoms with Gasteiger partial charge in [-0.1, -0.05) is 80.1 Å². The molecule has 84 heavy (non-hydrogen) atoms. The largest absolute Gasteiger partial charge is 0.494 e. The number of thiocarbonyl (C=S) groups is 1. The number of esters is 4. The molecule has 0 N–H and O–H groups in total. The summed E-state index contributed by atoms with van der Waals surface area (Å²) < 4.78 is 58.0. The summed E-state index contributed by atoms with van der Waals surface area (Å²) in [5.74, 6) is 0.949. The van der Waals surface area contributed by atoms with E-state index in [1.165, 1.54) is 91.5 Å². The highest BCUT2D eigenvalue weighted by molar-refractivity contribution is 8.23. The fraction of sp³-hybridized carbons (Fsp3) is 0.391. The molecular weight excluding hydrogens is 1130 g/mol. The van der Waals surface area contributed by atoms with Gasteiger partial charge in [0.25, 0.3) is 0 Å². The summed E-state index contributed by atoms with van der Waals surface area (Å²) in [6.45, 7) is 4.54. The van der Waals surface area contributed by atoms with E-state index < -0.39 is 23.9 Å². The molecule has 0 bridgehead atoms. The highest BCUT2D eigenvalue weighted by atomic mass is 32.2. The van der Waals surface area contributed by atoms with Gasteiger partial charge in [0.05, 0.1) is 78.1 Å². The number of terminal acetylenes is 1. The molecule has 3 atom stereocenters. The highest BCUT2D eigenvalue weighted by Gasteiger charge is 2.43. The van der Waals surface area contributed by atoms with Crippen LogP contribution in [0.4, 0.5) is 5.13 Å². The average Bonchev–Trinajstić information content (AvgIpc) is 3.05. The maximum atomic E-state index is 14.2. The Bertz CT molecular complexity index is 3210. The number of thiazole rings is 1. The predicted octanol–water partition coefficient (Wildman–Crippen LogP) is 13.2. The molecule has 0 radical (unpaired) electrons. The monoisotopic (exact) mass is 1200 g/mol. The number of methoxy groups -OCH3 is 2. The summed E-state index contributed by atoms with van der Waals surface area (Å²) in [7, 11) is 2.83. The molecule has 8 rings (SSSR count). The number of epoxide rings is 1. The van der Waals surface area contributed by atoms with Crippen molar-refractivity contribution in [3.05, 3.63) is 120 Å². The molecule has 1 saturated carbocycles. The molecule has 2 aliphatic rings. The average molecular weight is 1200 g/mol. The van der Waals surface area contributed by atoms with Gasteiger partial charge in [0.2, 0.25) is 11.7 Å². The van der Waals surface area contributed by atoms with Crippen molar-refractivity contribution in [3.63, 3.8) is 0 Å². The number of rotatable bonds is 31. The third-order valence-corrected chi connectivity index (χ3v) is 16.2. The van der Waals surface area contributed by atoms with Crippen LogP contribution in [0.25, 0.3) is 10.2 Å². The van der Waals surface area contributed by atoms with Crippen molar-refractivity contribution < 1.29 is 71.3 Å². The number of thioether (sulfide) groups is 1. The zero-order valence-corrected chi connectivity index (χ0v) is 49.8. The maximum absolute atomic E-state index is 14.2. The second kappa shape index (κ2) is 31.9. The van der Waals surface area contributed by atoms with E-state index in [1.807, 2.05) is 30.2 Å². The van der Waals surface area contributed by atoms with E-state index in [-0.39, 0.29) is 85.9 Å². The molecule has 6 aromatic rings. The van der Waals surface area contributed by atoms with Gasteiger partial charge in [-0.25, -0.2) is 29.1 Å². The first-order valence-electron chi connectivity index (χ1n) is 28.2. The van der Waals surface area contributed by atoms with Gasteiger partial charge in [-0.2, -0.15) is 0 Å². The summed E-state index contributed by atoms with van der Waals surface area (Å²) in [4.78, 5) is 72.9. The van der Waals surface area contributed by atoms with Crippen LogP contribution in [0.15, 0.2) is 108 Å². The van der Waals surface area contributed by atoms with E-state index in [0.717, 1.165) is 87.5 Å². The summed E-state index contributed by atoms with van der Waals surface area (Å²) >= 11 is 8.39. The Kier molecular flexibility index (Phi) is 23.8. The number of carbonyl (C=O) groups is 5. The molecule has 20 heteroatoms. The first-order valence-corrected chi connectivity index (χ1v) is 30.3. The van der Waals surface area contributed by atoms with Crippen LogP contribution in [0.2, 0.25) is 0 Å². The standard InChI is InChI=1S/C64H68N2O15S3/c1-5-7-8-9-11-20-57(67)66(63-65-49-18-12-13-19-55(49)83-63)64(82)84-56-40-48(30-32-51(56)81-61(70)44-22-26-46(27-23-44)75-34-15-10-14-33-74-41-42-21-31-50-52(37-42)80-50)79-60(69)43-24-28-47(29-25-43)78-62(71)45-38-53(72-3)59(54(39-45)73-4)77-36-17-16-35-76-58(68)6-2/h2,12-13,18-19,22-30,32,38-40,42,50,52H,5,7-11,14-17,20-21,31,33-37,41H2,1,3-4H3. The van der Waals surface area contributed by atoms with Gasteiger partial charge >= 0.3 is 23.9 Å². The van der Waals surface area contributed by atoms with Gasteiger partial charge in [0, 0.05) is 25.6 Å². The number of para-hydroxylation sites is 1. The van der Waals surface area contributed by atoms with Gasteiger partial charge in [-0.05, 0) is 155 Å². The van der Waals surface area contributed by atoms with Crippen molar-refractivity contribution >= 4 is 84.8 Å². The quantitative estimate of drug-likeness (QED) is 0.00581. The van der Waals surface area contributed by atoms with Gasteiger partial charge in [-0.15, -0.1) is 6.42 Å². The topological polar surface area (TPSA) is 197 Å². The SMILES string of the molecule is C#CC(=O)OCCCCOc1c(OC)cc(C(=O)Oc2ccc(C(=O)Oc3ccc(OC(=O)c4ccc(OCCCCCOCC5CCC6OC6C5)cc4)c(SC(=S)N(C(=O)CCCCCCC)c4nc5ccccc5s4)c3)cc2)cc1OC. The van der Waals surface area contributed by atoms with E-state index in [0.29, 0.717) is 60.4 Å². The number of benzene rings is 5. The number of fused-ring (bicyclic) bond motifs is 2. The summed E-state index contributed by atoms with van der Waals surface area (Å²) in [6, 6.07) is 27.4. The number of hydrogen-bond acceptors (Lipinski definition) is 19. The van der Waals surface area contributed by atoms with Gasteiger partial charge in [-0.3, -0.25) is 4.79 Å². The lowest BCUT2D eigenvalue weighted by Crippen LogP contribution is -2.34. The zero-order chi connectivity index (χ0) is 59.2. The first kappa shape index (κ1) is 62.5. The molecule has 0 spiro atoms. The van der Waals surface area contributed by atoms with Crippen molar-refractivity contribution in [1.29, 1.82) is 0 Å². The Hall–Kier alpha value is -7.54. The van der Waals surface area contributed by atoms with Crippen molar-refractivity contribution in [2.45, 2.75) is 114 Å². The third kappa shape index (κ3) is 18.2. The smallest absolute Gasteiger partial charge is 0.384 e. The lowest BCUT2D eigenvalue weighted by atomic mass is 9.90. The molecule has 5 aromatic carbocycles. The minimum atomic E-state index is -0.752. The van der Waals surface area contributed by atoms with Crippen LogP contribution in [-0.2, 0) is 23.8 Å². The number of amides is 1. The Morgan fingerprint density at radius 3 is 2.02 bits per heavy atom. The van der Waals surface area contributed by atoms with E-state index in [2.05, 4.69) is 6.92 Å². The van der Waals surface area contributed by atoms with Crippen LogP contribution in [0.3, 0.4) is 0 Å². The van der Waals surface area contributed by atoms with Crippen LogP contribution in [0.1, 0.15) is 128 Å². The second-order valence-corrected chi connectivity index (χ2v) is 22.7. The van der Waals surface area contributed by atoms with Crippen molar-refractivity contribution in [2.24, 2.45) is 5.92 Å².